The Kier molecular flexibility index (Phi) is 4.02. The van der Waals surface area contributed by atoms with Crippen molar-refractivity contribution in [3.8, 4) is 0 Å². The number of hydrogen-bond acceptors (Lipinski definition) is 3. The molecule has 20 heavy (non-hydrogen) atoms. The van der Waals surface area contributed by atoms with Gasteiger partial charge in [-0.15, -0.1) is 0 Å². The summed E-state index contributed by atoms with van der Waals surface area (Å²) in [4.78, 5) is 39.6. The zero-order valence-corrected chi connectivity index (χ0v) is 11.6. The first-order valence-electron chi connectivity index (χ1n) is 6.45. The van der Waals surface area contributed by atoms with Gasteiger partial charge in [0.1, 0.15) is 13.1 Å². The summed E-state index contributed by atoms with van der Waals surface area (Å²) in [6.07, 6.45) is 0. The van der Waals surface area contributed by atoms with E-state index in [1.807, 2.05) is 37.3 Å². The summed E-state index contributed by atoms with van der Waals surface area (Å²) in [5, 5.41) is 0. The van der Waals surface area contributed by atoms with E-state index in [0.717, 1.165) is 10.6 Å². The summed E-state index contributed by atoms with van der Waals surface area (Å²) in [6, 6.07) is 8.76. The zero-order chi connectivity index (χ0) is 14.7. The molecular weight excluding hydrogens is 258 g/mol. The molecule has 0 unspecified atom stereocenters. The Bertz CT molecular complexity index is 530. The fourth-order valence-corrected chi connectivity index (χ4v) is 2.16. The highest BCUT2D eigenvalue weighted by molar-refractivity contribution is 6.06. The number of hydrogen-bond donors (Lipinski definition) is 0. The van der Waals surface area contributed by atoms with E-state index in [1.165, 1.54) is 4.90 Å². The molecule has 6 heteroatoms. The third-order valence-electron chi connectivity index (χ3n) is 3.21. The molecule has 1 fully saturated rings. The van der Waals surface area contributed by atoms with Crippen LogP contribution < -0.4 is 4.90 Å². The standard InChI is InChI=1S/C14H17N3O3/c1-3-16(11-7-5-4-6-8-11)13(19)10-17-12(18)9-15(2)14(17)20/h4-8H,3,9-10H2,1-2H3. The average molecular weight is 275 g/mol. The number of amides is 4. The van der Waals surface area contributed by atoms with Gasteiger partial charge in [0.25, 0.3) is 5.91 Å². The molecule has 1 saturated heterocycles. The van der Waals surface area contributed by atoms with Gasteiger partial charge >= 0.3 is 6.03 Å². The Hall–Kier alpha value is -2.37. The number of rotatable bonds is 4. The molecule has 0 bridgehead atoms. The van der Waals surface area contributed by atoms with Crippen LogP contribution in [0, 0.1) is 0 Å². The topological polar surface area (TPSA) is 60.9 Å². The third kappa shape index (κ3) is 2.64. The minimum Gasteiger partial charge on any atom is -0.318 e. The summed E-state index contributed by atoms with van der Waals surface area (Å²) in [5.41, 5.74) is 0.757. The van der Waals surface area contributed by atoms with E-state index in [1.54, 1.807) is 11.9 Å². The molecule has 4 amide bonds. The van der Waals surface area contributed by atoms with Crippen molar-refractivity contribution in [2.24, 2.45) is 0 Å². The van der Waals surface area contributed by atoms with Crippen molar-refractivity contribution < 1.29 is 14.4 Å². The van der Waals surface area contributed by atoms with E-state index >= 15 is 0 Å². The smallest absolute Gasteiger partial charge is 0.318 e. The quantitative estimate of drug-likeness (QED) is 0.768. The Balaban J connectivity index is 2.11. The number of benzene rings is 1. The minimum absolute atomic E-state index is 0.0313. The van der Waals surface area contributed by atoms with Crippen molar-refractivity contribution in [2.75, 3.05) is 31.6 Å². The molecular formula is C14H17N3O3. The number of para-hydroxylation sites is 1. The van der Waals surface area contributed by atoms with Crippen LogP contribution in [0.1, 0.15) is 6.92 Å². The first-order valence-corrected chi connectivity index (χ1v) is 6.45. The molecule has 106 valence electrons. The van der Waals surface area contributed by atoms with Gasteiger partial charge in [-0.05, 0) is 19.1 Å². The van der Waals surface area contributed by atoms with Crippen LogP contribution >= 0.6 is 0 Å². The van der Waals surface area contributed by atoms with Crippen LogP contribution in [0.5, 0.6) is 0 Å². The molecule has 2 rings (SSSR count). The maximum absolute atomic E-state index is 12.3. The molecule has 0 saturated carbocycles. The molecule has 0 N–H and O–H groups in total. The van der Waals surface area contributed by atoms with E-state index in [-0.39, 0.29) is 24.9 Å². The maximum Gasteiger partial charge on any atom is 0.327 e. The second-order valence-corrected chi connectivity index (χ2v) is 4.59. The summed E-state index contributed by atoms with van der Waals surface area (Å²) in [7, 11) is 1.54. The molecule has 0 radical (unpaired) electrons. The van der Waals surface area contributed by atoms with Gasteiger partial charge in [0, 0.05) is 19.3 Å². The lowest BCUT2D eigenvalue weighted by Gasteiger charge is -2.23. The third-order valence-corrected chi connectivity index (χ3v) is 3.21. The average Bonchev–Trinajstić information content (AvgIpc) is 2.67. The molecule has 1 aromatic carbocycles. The first kappa shape index (κ1) is 14.0. The molecule has 1 aliphatic rings. The Morgan fingerprint density at radius 3 is 2.40 bits per heavy atom. The lowest BCUT2D eigenvalue weighted by molar-refractivity contribution is -0.129. The van der Waals surface area contributed by atoms with Crippen LogP contribution in [0.3, 0.4) is 0 Å². The first-order chi connectivity index (χ1) is 9.54. The van der Waals surface area contributed by atoms with Crippen molar-refractivity contribution in [1.82, 2.24) is 9.80 Å². The summed E-state index contributed by atoms with van der Waals surface area (Å²) >= 11 is 0. The van der Waals surface area contributed by atoms with E-state index in [9.17, 15) is 14.4 Å². The maximum atomic E-state index is 12.3. The Labute approximate surface area is 117 Å². The second-order valence-electron chi connectivity index (χ2n) is 4.59. The predicted molar refractivity (Wildman–Crippen MR) is 74.2 cm³/mol. The molecule has 0 aromatic heterocycles. The molecule has 6 nitrogen and oxygen atoms in total. The molecule has 0 spiro atoms. The molecule has 0 aliphatic carbocycles. The molecule has 1 aromatic rings. The lowest BCUT2D eigenvalue weighted by atomic mass is 10.3. The van der Waals surface area contributed by atoms with E-state index in [0.29, 0.717) is 6.54 Å². The van der Waals surface area contributed by atoms with Gasteiger partial charge in [-0.2, -0.15) is 0 Å². The van der Waals surface area contributed by atoms with Gasteiger partial charge in [-0.1, -0.05) is 18.2 Å². The van der Waals surface area contributed by atoms with Crippen molar-refractivity contribution in [3.05, 3.63) is 30.3 Å². The number of imide groups is 1. The molecule has 1 aliphatic heterocycles. The number of urea groups is 1. The number of nitrogens with zero attached hydrogens (tertiary/aromatic N) is 3. The number of carbonyl (C=O) groups excluding carboxylic acids is 3. The largest absolute Gasteiger partial charge is 0.327 e. The zero-order valence-electron chi connectivity index (χ0n) is 11.6. The highest BCUT2D eigenvalue weighted by atomic mass is 16.2. The van der Waals surface area contributed by atoms with Gasteiger partial charge in [0.15, 0.2) is 0 Å². The normalized spacial score (nSPS) is 14.9. The Morgan fingerprint density at radius 2 is 1.90 bits per heavy atom. The SMILES string of the molecule is CCN(C(=O)CN1C(=O)CN(C)C1=O)c1ccccc1. The van der Waals surface area contributed by atoms with Crippen LogP contribution in [-0.2, 0) is 9.59 Å². The van der Waals surface area contributed by atoms with Gasteiger partial charge in [-0.25, -0.2) is 4.79 Å². The van der Waals surface area contributed by atoms with Gasteiger partial charge < -0.3 is 9.80 Å². The van der Waals surface area contributed by atoms with Crippen molar-refractivity contribution in [3.63, 3.8) is 0 Å². The highest BCUT2D eigenvalue weighted by Crippen LogP contribution is 2.15. The van der Waals surface area contributed by atoms with Gasteiger partial charge in [-0.3, -0.25) is 14.5 Å². The Morgan fingerprint density at radius 1 is 1.25 bits per heavy atom. The van der Waals surface area contributed by atoms with Crippen molar-refractivity contribution >= 4 is 23.5 Å². The van der Waals surface area contributed by atoms with E-state index in [2.05, 4.69) is 0 Å². The number of carbonyl (C=O) groups is 3. The van der Waals surface area contributed by atoms with E-state index in [4.69, 9.17) is 0 Å². The van der Waals surface area contributed by atoms with Crippen LogP contribution in [-0.4, -0.2) is 54.3 Å². The van der Waals surface area contributed by atoms with Crippen LogP contribution in [0.4, 0.5) is 10.5 Å². The summed E-state index contributed by atoms with van der Waals surface area (Å²) in [6.45, 7) is 2.15. The monoisotopic (exact) mass is 275 g/mol. The number of anilines is 1. The van der Waals surface area contributed by atoms with Crippen LogP contribution in [0.25, 0.3) is 0 Å². The van der Waals surface area contributed by atoms with Crippen molar-refractivity contribution in [1.29, 1.82) is 0 Å². The lowest BCUT2D eigenvalue weighted by Crippen LogP contribution is -2.43. The fourth-order valence-electron chi connectivity index (χ4n) is 2.16. The summed E-state index contributed by atoms with van der Waals surface area (Å²) < 4.78 is 0. The summed E-state index contributed by atoms with van der Waals surface area (Å²) in [5.74, 6) is -0.606. The fraction of sp³-hybridized carbons (Fsp3) is 0.357. The van der Waals surface area contributed by atoms with Crippen LogP contribution in [0.15, 0.2) is 30.3 Å². The van der Waals surface area contributed by atoms with Crippen molar-refractivity contribution in [2.45, 2.75) is 6.92 Å². The van der Waals surface area contributed by atoms with Crippen LogP contribution in [0.2, 0.25) is 0 Å². The molecule has 0 atom stereocenters. The van der Waals surface area contributed by atoms with Gasteiger partial charge in [0.2, 0.25) is 5.91 Å². The second kappa shape index (κ2) is 5.73. The number of likely N-dealkylation sites (N-methyl/N-ethyl adjacent to an activating group) is 2. The minimum atomic E-state index is -0.424. The highest BCUT2D eigenvalue weighted by Gasteiger charge is 2.35. The molecule has 1 heterocycles. The van der Waals surface area contributed by atoms with E-state index < -0.39 is 6.03 Å². The van der Waals surface area contributed by atoms with Gasteiger partial charge in [0.05, 0.1) is 0 Å². The predicted octanol–water partition coefficient (Wildman–Crippen LogP) is 0.933.